The van der Waals surface area contributed by atoms with Crippen LogP contribution in [0.25, 0.3) is 0 Å². The quantitative estimate of drug-likeness (QED) is 0.794. The van der Waals surface area contributed by atoms with E-state index in [9.17, 15) is 27.2 Å². The fraction of sp³-hybridized carbons (Fsp3) is 0.438. The van der Waals surface area contributed by atoms with Gasteiger partial charge in [0.1, 0.15) is 5.82 Å². The SMILES string of the molecule is Cn1c(=O)[nH]nc(N2CCN(Cc3ccc(F)cc3C(F)(F)F)CC2)c1=O. The number of hydrogen-bond acceptors (Lipinski definition) is 5. The van der Waals surface area contributed by atoms with Gasteiger partial charge in [-0.15, -0.1) is 5.10 Å². The van der Waals surface area contributed by atoms with E-state index in [2.05, 4.69) is 10.2 Å². The van der Waals surface area contributed by atoms with E-state index in [1.165, 1.54) is 7.05 Å². The van der Waals surface area contributed by atoms with E-state index >= 15 is 0 Å². The van der Waals surface area contributed by atoms with E-state index in [1.54, 1.807) is 9.80 Å². The Bertz CT molecular complexity index is 945. The van der Waals surface area contributed by atoms with Crippen LogP contribution >= 0.6 is 0 Å². The first-order chi connectivity index (χ1) is 12.7. The maximum absolute atomic E-state index is 13.2. The highest BCUT2D eigenvalue weighted by Crippen LogP contribution is 2.33. The highest BCUT2D eigenvalue weighted by atomic mass is 19.4. The van der Waals surface area contributed by atoms with Crippen LogP contribution in [-0.4, -0.2) is 45.8 Å². The highest BCUT2D eigenvalue weighted by molar-refractivity contribution is 5.35. The second kappa shape index (κ2) is 7.14. The van der Waals surface area contributed by atoms with Crippen molar-refractivity contribution in [2.24, 2.45) is 7.05 Å². The molecule has 146 valence electrons. The first kappa shape index (κ1) is 19.1. The summed E-state index contributed by atoms with van der Waals surface area (Å²) in [6, 6.07) is 2.65. The van der Waals surface area contributed by atoms with Crippen LogP contribution in [0.3, 0.4) is 0 Å². The summed E-state index contributed by atoms with van der Waals surface area (Å²) < 4.78 is 53.5. The lowest BCUT2D eigenvalue weighted by Gasteiger charge is -2.35. The van der Waals surface area contributed by atoms with Crippen LogP contribution in [0.5, 0.6) is 0 Å². The Kier molecular flexibility index (Phi) is 5.05. The predicted molar refractivity (Wildman–Crippen MR) is 89.0 cm³/mol. The fourth-order valence-corrected chi connectivity index (χ4v) is 2.98. The molecule has 3 rings (SSSR count). The van der Waals surface area contributed by atoms with Gasteiger partial charge in [-0.3, -0.25) is 14.3 Å². The van der Waals surface area contributed by atoms with E-state index in [4.69, 9.17) is 0 Å². The van der Waals surface area contributed by atoms with Gasteiger partial charge in [0, 0.05) is 39.8 Å². The van der Waals surface area contributed by atoms with Crippen molar-refractivity contribution < 1.29 is 17.6 Å². The molecule has 27 heavy (non-hydrogen) atoms. The smallest absolute Gasteiger partial charge is 0.348 e. The van der Waals surface area contributed by atoms with Crippen molar-refractivity contribution in [1.82, 2.24) is 19.7 Å². The van der Waals surface area contributed by atoms with E-state index in [1.807, 2.05) is 0 Å². The molecule has 2 aromatic rings. The van der Waals surface area contributed by atoms with Crippen LogP contribution in [0.4, 0.5) is 23.4 Å². The van der Waals surface area contributed by atoms with Crippen LogP contribution in [0, 0.1) is 5.82 Å². The molecule has 0 radical (unpaired) electrons. The van der Waals surface area contributed by atoms with Crippen LogP contribution in [0.15, 0.2) is 27.8 Å². The lowest BCUT2D eigenvalue weighted by Crippen LogP contribution is -2.49. The third kappa shape index (κ3) is 4.02. The molecule has 1 saturated heterocycles. The summed E-state index contributed by atoms with van der Waals surface area (Å²) in [5.74, 6) is -0.842. The van der Waals surface area contributed by atoms with Crippen molar-refractivity contribution in [3.63, 3.8) is 0 Å². The molecular formula is C16H17F4N5O2. The van der Waals surface area contributed by atoms with Crippen LogP contribution in [0.2, 0.25) is 0 Å². The van der Waals surface area contributed by atoms with Crippen LogP contribution < -0.4 is 16.1 Å². The average molecular weight is 387 g/mol. The summed E-state index contributed by atoms with van der Waals surface area (Å²) in [6.45, 7) is 1.50. The van der Waals surface area contributed by atoms with E-state index in [0.717, 1.165) is 16.7 Å². The third-order valence-corrected chi connectivity index (χ3v) is 4.50. The molecule has 0 bridgehead atoms. The molecular weight excluding hydrogens is 370 g/mol. The molecule has 0 unspecified atom stereocenters. The Morgan fingerprint density at radius 3 is 2.44 bits per heavy atom. The summed E-state index contributed by atoms with van der Waals surface area (Å²) in [4.78, 5) is 26.9. The van der Waals surface area contributed by atoms with Gasteiger partial charge in [-0.2, -0.15) is 13.2 Å². The minimum atomic E-state index is -4.63. The number of rotatable bonds is 3. The number of halogens is 4. The van der Waals surface area contributed by atoms with Crippen molar-refractivity contribution >= 4 is 5.82 Å². The largest absolute Gasteiger partial charge is 0.416 e. The van der Waals surface area contributed by atoms with Crippen molar-refractivity contribution in [2.45, 2.75) is 12.7 Å². The van der Waals surface area contributed by atoms with Crippen LogP contribution in [-0.2, 0) is 19.8 Å². The maximum atomic E-state index is 13.2. The summed E-state index contributed by atoms with van der Waals surface area (Å²) >= 11 is 0. The monoisotopic (exact) mass is 387 g/mol. The van der Waals surface area contributed by atoms with E-state index in [-0.39, 0.29) is 17.9 Å². The molecule has 11 heteroatoms. The summed E-state index contributed by atoms with van der Waals surface area (Å²) in [6.07, 6.45) is -4.63. The minimum Gasteiger partial charge on any atom is -0.348 e. The Balaban J connectivity index is 1.72. The van der Waals surface area contributed by atoms with Crippen molar-refractivity contribution in [1.29, 1.82) is 0 Å². The number of piperazine rings is 1. The van der Waals surface area contributed by atoms with Crippen molar-refractivity contribution in [3.05, 3.63) is 56.0 Å². The first-order valence-electron chi connectivity index (χ1n) is 8.15. The molecule has 1 aliphatic heterocycles. The zero-order valence-corrected chi connectivity index (χ0v) is 14.4. The Labute approximate surface area is 150 Å². The molecule has 0 saturated carbocycles. The molecule has 1 fully saturated rings. The predicted octanol–water partition coefficient (Wildman–Crippen LogP) is 0.949. The van der Waals surface area contributed by atoms with Gasteiger partial charge in [0.2, 0.25) is 5.82 Å². The van der Waals surface area contributed by atoms with Gasteiger partial charge in [-0.05, 0) is 17.7 Å². The van der Waals surface area contributed by atoms with Crippen molar-refractivity contribution in [3.8, 4) is 0 Å². The van der Waals surface area contributed by atoms with Crippen LogP contribution in [0.1, 0.15) is 11.1 Å². The number of aromatic nitrogens is 3. The molecule has 0 amide bonds. The topological polar surface area (TPSA) is 74.2 Å². The molecule has 1 aromatic heterocycles. The van der Waals surface area contributed by atoms with Gasteiger partial charge < -0.3 is 4.90 Å². The van der Waals surface area contributed by atoms with Crippen molar-refractivity contribution in [2.75, 3.05) is 31.1 Å². The average Bonchev–Trinajstić information content (AvgIpc) is 2.61. The fourth-order valence-electron chi connectivity index (χ4n) is 2.98. The summed E-state index contributed by atoms with van der Waals surface area (Å²) in [5.41, 5.74) is -2.15. The van der Waals surface area contributed by atoms with E-state index < -0.39 is 28.8 Å². The molecule has 1 aliphatic rings. The van der Waals surface area contributed by atoms with Gasteiger partial charge >= 0.3 is 11.9 Å². The van der Waals surface area contributed by atoms with Gasteiger partial charge in [-0.1, -0.05) is 6.07 Å². The zero-order valence-electron chi connectivity index (χ0n) is 14.4. The molecule has 0 spiro atoms. The standard InChI is InChI=1S/C16H17F4N5O2/c1-23-14(26)13(21-22-15(23)27)25-6-4-24(5-7-25)9-10-2-3-11(17)8-12(10)16(18,19)20/h2-3,8H,4-7,9H2,1H3,(H,22,27). The Morgan fingerprint density at radius 2 is 1.81 bits per heavy atom. The summed E-state index contributed by atoms with van der Waals surface area (Å²) in [5, 5.41) is 6.00. The van der Waals surface area contributed by atoms with Gasteiger partial charge in [-0.25, -0.2) is 14.3 Å². The number of alkyl halides is 3. The van der Waals surface area contributed by atoms with E-state index in [0.29, 0.717) is 32.2 Å². The summed E-state index contributed by atoms with van der Waals surface area (Å²) in [7, 11) is 1.33. The molecule has 7 nitrogen and oxygen atoms in total. The minimum absolute atomic E-state index is 0.00423. The Hall–Kier alpha value is -2.69. The molecule has 1 N–H and O–H groups in total. The first-order valence-corrected chi connectivity index (χ1v) is 8.15. The zero-order chi connectivity index (χ0) is 19.8. The molecule has 0 atom stereocenters. The number of aromatic amines is 1. The normalized spacial score (nSPS) is 16.0. The number of nitrogens with one attached hydrogen (secondary N) is 1. The van der Waals surface area contributed by atoms with Gasteiger partial charge in [0.25, 0.3) is 5.56 Å². The van der Waals surface area contributed by atoms with Gasteiger partial charge in [0.05, 0.1) is 5.56 Å². The molecule has 0 aliphatic carbocycles. The third-order valence-electron chi connectivity index (χ3n) is 4.50. The Morgan fingerprint density at radius 1 is 1.15 bits per heavy atom. The number of benzene rings is 1. The lowest BCUT2D eigenvalue weighted by atomic mass is 10.1. The maximum Gasteiger partial charge on any atom is 0.416 e. The number of nitrogens with zero attached hydrogens (tertiary/aromatic N) is 4. The number of hydrogen-bond donors (Lipinski definition) is 1. The molecule has 2 heterocycles. The number of H-pyrrole nitrogens is 1. The second-order valence-corrected chi connectivity index (χ2v) is 6.28. The molecule has 1 aromatic carbocycles. The number of anilines is 1. The lowest BCUT2D eigenvalue weighted by molar-refractivity contribution is -0.138. The second-order valence-electron chi connectivity index (χ2n) is 6.28. The highest BCUT2D eigenvalue weighted by Gasteiger charge is 2.34. The van der Waals surface area contributed by atoms with Gasteiger partial charge in [0.15, 0.2) is 0 Å².